The molecule has 0 saturated heterocycles. The van der Waals surface area contributed by atoms with Gasteiger partial charge < -0.3 is 9.47 Å². The first-order valence-electron chi connectivity index (χ1n) is 11.9. The third-order valence-electron chi connectivity index (χ3n) is 4.82. The molecule has 0 bridgehead atoms. The topological polar surface area (TPSA) is 79.6 Å². The Bertz CT molecular complexity index is 1260. The predicted molar refractivity (Wildman–Crippen MR) is 150 cm³/mol. The molecule has 0 radical (unpaired) electrons. The Morgan fingerprint density at radius 2 is 1.71 bits per heavy atom. The molecule has 0 N–H and O–H groups in total. The first-order valence-corrected chi connectivity index (χ1v) is 13.0. The summed E-state index contributed by atoms with van der Waals surface area (Å²) in [4.78, 5) is 12.7. The van der Waals surface area contributed by atoms with E-state index in [0.717, 1.165) is 11.1 Å². The fourth-order valence-corrected chi connectivity index (χ4v) is 4.33. The Labute approximate surface area is 228 Å². The van der Waals surface area contributed by atoms with E-state index < -0.39 is 22.6 Å². The molecule has 3 aromatic rings. The summed E-state index contributed by atoms with van der Waals surface area (Å²) in [7, 11) is 0.224. The quantitative estimate of drug-likeness (QED) is 0.290. The van der Waals surface area contributed by atoms with Crippen molar-refractivity contribution < 1.29 is 22.9 Å². The Morgan fingerprint density at radius 1 is 1.05 bits per heavy atom. The summed E-state index contributed by atoms with van der Waals surface area (Å²) < 4.78 is 38.8. The summed E-state index contributed by atoms with van der Waals surface area (Å²) in [5.41, 5.74) is 2.13. The van der Waals surface area contributed by atoms with Crippen LogP contribution in [-0.2, 0) is 27.1 Å². The monoisotopic (exact) mass is 540 g/mol. The third-order valence-corrected chi connectivity index (χ3v) is 6.19. The molecule has 0 aromatic heterocycles. The Hall–Kier alpha value is -3.54. The molecule has 0 amide bonds. The van der Waals surface area contributed by atoms with E-state index in [2.05, 4.69) is 6.07 Å². The molecule has 0 aliphatic rings. The molecule has 1 atom stereocenters. The van der Waals surface area contributed by atoms with Crippen molar-refractivity contribution in [1.29, 1.82) is 5.26 Å². The summed E-state index contributed by atoms with van der Waals surface area (Å²) in [5, 5.41) is 9.32. The van der Waals surface area contributed by atoms with Crippen molar-refractivity contribution in [2.45, 2.75) is 59.1 Å². The number of benzene rings is 3. The normalized spacial score (nSPS) is 11.3. The van der Waals surface area contributed by atoms with E-state index in [1.807, 2.05) is 32.0 Å². The van der Waals surface area contributed by atoms with E-state index in [-0.39, 0.29) is 19.9 Å². The van der Waals surface area contributed by atoms with Gasteiger partial charge in [0.15, 0.2) is 6.61 Å². The number of carbonyl (C=O) groups excluding carboxylic acids is 1. The summed E-state index contributed by atoms with van der Waals surface area (Å²) in [6.07, 6.45) is 0. The molecule has 6 nitrogen and oxygen atoms in total. The van der Waals surface area contributed by atoms with Crippen LogP contribution >= 0.6 is 0 Å². The zero-order valence-corrected chi connectivity index (χ0v) is 22.9. The number of ether oxygens (including phenoxy) is 2. The van der Waals surface area contributed by atoms with Crippen molar-refractivity contribution in [3.05, 3.63) is 83.7 Å². The van der Waals surface area contributed by atoms with Gasteiger partial charge in [0, 0.05) is 19.2 Å². The van der Waals surface area contributed by atoms with Crippen LogP contribution in [0.25, 0.3) is 11.1 Å². The highest BCUT2D eigenvalue weighted by Crippen LogP contribution is 2.32. The highest BCUT2D eigenvalue weighted by Gasteiger charge is 2.18. The smallest absolute Gasteiger partial charge is 0.344 e. The average molecular weight is 541 g/mol. The lowest BCUT2D eigenvalue weighted by atomic mass is 10.00. The number of esters is 1. The first kappa shape index (κ1) is 32.5. The Balaban J connectivity index is 0.00000235. The SMILES string of the molecule is C.CC.CN(Cc1ccc(OCC(=O)OC(C)(C)C)c(-c2cccc(C#N)c2)c1)S(=O)c1ccc(F)cc1. The molecule has 0 heterocycles. The van der Waals surface area contributed by atoms with Gasteiger partial charge in [-0.3, -0.25) is 0 Å². The van der Waals surface area contributed by atoms with E-state index in [1.54, 1.807) is 56.4 Å². The number of nitrogens with zero attached hydrogens (tertiary/aromatic N) is 2. The molecule has 0 spiro atoms. The van der Waals surface area contributed by atoms with Crippen LogP contribution in [0.15, 0.2) is 71.6 Å². The number of nitriles is 1. The molecule has 3 aromatic carbocycles. The molecular weight excluding hydrogens is 503 g/mol. The molecule has 0 saturated carbocycles. The van der Waals surface area contributed by atoms with Gasteiger partial charge in [0.2, 0.25) is 0 Å². The van der Waals surface area contributed by atoms with Crippen LogP contribution in [0.2, 0.25) is 0 Å². The van der Waals surface area contributed by atoms with Gasteiger partial charge in [-0.05, 0) is 80.4 Å². The minimum Gasteiger partial charge on any atom is -0.481 e. The van der Waals surface area contributed by atoms with Gasteiger partial charge in [0.1, 0.15) is 28.2 Å². The van der Waals surface area contributed by atoms with E-state index in [9.17, 15) is 18.7 Å². The van der Waals surface area contributed by atoms with Crippen molar-refractivity contribution in [3.8, 4) is 22.9 Å². The number of hydrogen-bond acceptors (Lipinski definition) is 5. The predicted octanol–water partition coefficient (Wildman–Crippen LogP) is 6.90. The number of halogens is 1. The van der Waals surface area contributed by atoms with Gasteiger partial charge in [-0.15, -0.1) is 0 Å². The maximum atomic E-state index is 13.2. The largest absolute Gasteiger partial charge is 0.481 e. The van der Waals surface area contributed by atoms with Crippen LogP contribution in [0.4, 0.5) is 4.39 Å². The van der Waals surface area contributed by atoms with Crippen molar-refractivity contribution in [1.82, 2.24) is 4.31 Å². The van der Waals surface area contributed by atoms with Crippen LogP contribution < -0.4 is 4.74 Å². The summed E-state index contributed by atoms with van der Waals surface area (Å²) in [6, 6.07) is 20.2. The number of carbonyl (C=O) groups is 1. The van der Waals surface area contributed by atoms with Gasteiger partial charge in [-0.2, -0.15) is 5.26 Å². The summed E-state index contributed by atoms with van der Waals surface area (Å²) >= 11 is 0. The summed E-state index contributed by atoms with van der Waals surface area (Å²) in [6.45, 7) is 9.41. The van der Waals surface area contributed by atoms with Crippen molar-refractivity contribution in [2.75, 3.05) is 13.7 Å². The van der Waals surface area contributed by atoms with Gasteiger partial charge in [-0.1, -0.05) is 39.5 Å². The first-order chi connectivity index (χ1) is 17.6. The maximum absolute atomic E-state index is 13.2. The second-order valence-corrected chi connectivity index (χ2v) is 10.5. The molecular formula is C30H37FN2O4S. The molecule has 38 heavy (non-hydrogen) atoms. The van der Waals surface area contributed by atoms with Crippen molar-refractivity contribution in [3.63, 3.8) is 0 Å². The van der Waals surface area contributed by atoms with Gasteiger partial charge >= 0.3 is 5.97 Å². The number of rotatable bonds is 8. The lowest BCUT2D eigenvalue weighted by molar-refractivity contribution is -0.157. The molecule has 204 valence electrons. The van der Waals surface area contributed by atoms with Crippen LogP contribution in [0.3, 0.4) is 0 Å². The van der Waals surface area contributed by atoms with E-state index >= 15 is 0 Å². The summed E-state index contributed by atoms with van der Waals surface area (Å²) in [5.74, 6) is -0.427. The minimum absolute atomic E-state index is 0. The van der Waals surface area contributed by atoms with Gasteiger partial charge in [0.25, 0.3) is 0 Å². The molecule has 0 aliphatic heterocycles. The van der Waals surface area contributed by atoms with Crippen LogP contribution in [0.1, 0.15) is 53.2 Å². The number of hydrogen-bond donors (Lipinski definition) is 0. The maximum Gasteiger partial charge on any atom is 0.344 e. The fraction of sp³-hybridized carbons (Fsp3) is 0.333. The van der Waals surface area contributed by atoms with Crippen LogP contribution in [0, 0.1) is 17.1 Å². The fourth-order valence-electron chi connectivity index (χ4n) is 3.34. The molecule has 1 unspecified atom stereocenters. The zero-order chi connectivity index (χ0) is 27.6. The zero-order valence-electron chi connectivity index (χ0n) is 22.1. The van der Waals surface area contributed by atoms with Gasteiger partial charge in [0.05, 0.1) is 16.5 Å². The molecule has 3 rings (SSSR count). The highest BCUT2D eigenvalue weighted by atomic mass is 32.2. The van der Waals surface area contributed by atoms with E-state index in [4.69, 9.17) is 9.47 Å². The highest BCUT2D eigenvalue weighted by molar-refractivity contribution is 7.82. The van der Waals surface area contributed by atoms with Crippen LogP contribution in [0.5, 0.6) is 5.75 Å². The molecule has 0 aliphatic carbocycles. The minimum atomic E-state index is -1.49. The Morgan fingerprint density at radius 3 is 2.32 bits per heavy atom. The molecule has 0 fully saturated rings. The van der Waals surface area contributed by atoms with Crippen LogP contribution in [-0.4, -0.2) is 33.7 Å². The van der Waals surface area contributed by atoms with Crippen molar-refractivity contribution >= 4 is 17.0 Å². The van der Waals surface area contributed by atoms with E-state index in [1.165, 1.54) is 24.3 Å². The molecule has 8 heteroatoms. The van der Waals surface area contributed by atoms with Gasteiger partial charge in [-0.25, -0.2) is 17.7 Å². The average Bonchev–Trinajstić information content (AvgIpc) is 2.88. The van der Waals surface area contributed by atoms with E-state index in [0.29, 0.717) is 28.3 Å². The third kappa shape index (κ3) is 9.73. The second-order valence-electron chi connectivity index (χ2n) is 8.89. The van der Waals surface area contributed by atoms with Crippen molar-refractivity contribution in [2.24, 2.45) is 0 Å². The lowest BCUT2D eigenvalue weighted by Crippen LogP contribution is -2.27. The standard InChI is InChI=1S/C27H27FN2O4S.C2H6.CH4/c1-27(2,3)34-26(31)18-33-25-13-8-20(15-24(25)21-7-5-6-19(14-21)16-29)17-30(4)35(32)23-11-9-22(28)10-12-23;1-2;/h5-15H,17-18H2,1-4H3;1-2H3;1H4. The second kappa shape index (κ2) is 15.0. The Kier molecular flexibility index (Phi) is 12.8. The lowest BCUT2D eigenvalue weighted by Gasteiger charge is -2.20.